The van der Waals surface area contributed by atoms with Gasteiger partial charge in [-0.15, -0.1) is 0 Å². The molecule has 0 aliphatic rings. The molecule has 0 aliphatic heterocycles. The number of fused-ring (bicyclic) bond motifs is 1. The summed E-state index contributed by atoms with van der Waals surface area (Å²) in [6.07, 6.45) is 2.43. The van der Waals surface area contributed by atoms with Gasteiger partial charge >= 0.3 is 0 Å². The van der Waals surface area contributed by atoms with Crippen LogP contribution in [-0.2, 0) is 6.61 Å². The van der Waals surface area contributed by atoms with E-state index < -0.39 is 0 Å². The third kappa shape index (κ3) is 5.35. The van der Waals surface area contributed by atoms with Crippen LogP contribution >= 0.6 is 39.1 Å². The largest absolute Gasteiger partial charge is 0.487 e. The predicted octanol–water partition coefficient (Wildman–Crippen LogP) is 7.44. The molecule has 0 saturated heterocycles. The Balaban J connectivity index is 1.63. The van der Waals surface area contributed by atoms with Crippen molar-refractivity contribution in [1.82, 2.24) is 9.66 Å². The molecule has 4 rings (SSSR count). The van der Waals surface area contributed by atoms with Crippen LogP contribution in [0.1, 0.15) is 43.1 Å². The van der Waals surface area contributed by atoms with E-state index in [1.54, 1.807) is 24.4 Å². The Kier molecular flexibility index (Phi) is 7.71. The molecule has 0 aliphatic carbocycles. The summed E-state index contributed by atoms with van der Waals surface area (Å²) in [5.74, 6) is 1.21. The molecular formula is C26H22BrCl2N3O2. The summed E-state index contributed by atoms with van der Waals surface area (Å²) < 4.78 is 8.02. The van der Waals surface area contributed by atoms with Crippen LogP contribution in [0.4, 0.5) is 0 Å². The molecule has 0 saturated carbocycles. The number of ether oxygens (including phenoxy) is 1. The zero-order chi connectivity index (χ0) is 24.2. The summed E-state index contributed by atoms with van der Waals surface area (Å²) in [6.45, 7) is 4.39. The molecule has 1 aromatic heterocycles. The number of hydrogen-bond donors (Lipinski definition) is 0. The van der Waals surface area contributed by atoms with E-state index in [-0.39, 0.29) is 11.5 Å². The molecular weight excluding hydrogens is 537 g/mol. The number of rotatable bonds is 7. The summed E-state index contributed by atoms with van der Waals surface area (Å²) in [6, 6.07) is 18.3. The quantitative estimate of drug-likeness (QED) is 0.221. The fourth-order valence-corrected chi connectivity index (χ4v) is 4.18. The number of halogens is 3. The Bertz CT molecular complexity index is 1440. The van der Waals surface area contributed by atoms with Crippen LogP contribution in [0.5, 0.6) is 5.75 Å². The van der Waals surface area contributed by atoms with Crippen LogP contribution in [0, 0.1) is 0 Å². The molecule has 3 aromatic carbocycles. The topological polar surface area (TPSA) is 56.5 Å². The van der Waals surface area contributed by atoms with E-state index in [9.17, 15) is 4.79 Å². The van der Waals surface area contributed by atoms with Crippen molar-refractivity contribution in [3.8, 4) is 5.75 Å². The first-order chi connectivity index (χ1) is 16.4. The summed E-state index contributed by atoms with van der Waals surface area (Å²) >= 11 is 16.1. The molecule has 5 nitrogen and oxygen atoms in total. The zero-order valence-electron chi connectivity index (χ0n) is 18.6. The van der Waals surface area contributed by atoms with Gasteiger partial charge < -0.3 is 4.74 Å². The van der Waals surface area contributed by atoms with Gasteiger partial charge in [0.15, 0.2) is 0 Å². The second-order valence-corrected chi connectivity index (χ2v) is 9.60. The van der Waals surface area contributed by atoms with Gasteiger partial charge in [0.25, 0.3) is 5.56 Å². The zero-order valence-corrected chi connectivity index (χ0v) is 21.7. The van der Waals surface area contributed by atoms with Gasteiger partial charge in [0.1, 0.15) is 18.2 Å². The summed E-state index contributed by atoms with van der Waals surface area (Å²) in [5, 5.41) is 6.06. The Morgan fingerprint density at radius 2 is 1.91 bits per heavy atom. The van der Waals surface area contributed by atoms with Crippen LogP contribution in [0.3, 0.4) is 0 Å². The molecule has 34 heavy (non-hydrogen) atoms. The van der Waals surface area contributed by atoms with E-state index >= 15 is 0 Å². The fraction of sp³-hybridized carbons (Fsp3) is 0.192. The lowest BCUT2D eigenvalue weighted by Crippen LogP contribution is -2.23. The molecule has 0 spiro atoms. The maximum atomic E-state index is 13.2. The van der Waals surface area contributed by atoms with Gasteiger partial charge in [-0.05, 0) is 54.4 Å². The van der Waals surface area contributed by atoms with Gasteiger partial charge in [0.05, 0.1) is 22.1 Å². The minimum Gasteiger partial charge on any atom is -0.487 e. The lowest BCUT2D eigenvalue weighted by Gasteiger charge is -2.14. The normalized spacial score (nSPS) is 12.4. The summed E-state index contributed by atoms with van der Waals surface area (Å²) in [7, 11) is 0. The minimum atomic E-state index is -0.219. The molecule has 1 heterocycles. The first-order valence-corrected chi connectivity index (χ1v) is 12.3. The third-order valence-electron chi connectivity index (χ3n) is 5.51. The standard InChI is InChI=1S/C26H22BrCl2N3O2/c1-3-16(2)25-31-23-10-9-19(27)13-20(23)26(33)32(25)30-14-17-8-11-24(22(29)12-17)34-15-18-6-4-5-7-21(18)28/h4-14,16H,3,15H2,1-2H3/t16-/m0/s1. The molecule has 4 aromatic rings. The second kappa shape index (κ2) is 10.7. The van der Waals surface area contributed by atoms with Crippen molar-refractivity contribution in [1.29, 1.82) is 0 Å². The Hall–Kier alpha value is -2.67. The Labute approximate surface area is 216 Å². The molecule has 8 heteroatoms. The van der Waals surface area contributed by atoms with Gasteiger partial charge in [-0.1, -0.05) is 71.2 Å². The maximum Gasteiger partial charge on any atom is 0.282 e. The first-order valence-electron chi connectivity index (χ1n) is 10.8. The van der Waals surface area contributed by atoms with E-state index in [0.29, 0.717) is 39.1 Å². The minimum absolute atomic E-state index is 0.0575. The average Bonchev–Trinajstić information content (AvgIpc) is 2.83. The van der Waals surface area contributed by atoms with E-state index in [1.807, 2.05) is 49.4 Å². The van der Waals surface area contributed by atoms with Gasteiger partial charge in [0.2, 0.25) is 0 Å². The van der Waals surface area contributed by atoms with Crippen molar-refractivity contribution < 1.29 is 4.74 Å². The summed E-state index contributed by atoms with van der Waals surface area (Å²) in [5.41, 5.74) is 2.03. The van der Waals surface area contributed by atoms with Gasteiger partial charge in [0, 0.05) is 21.0 Å². The number of aromatic nitrogens is 2. The SMILES string of the molecule is CC[C@H](C)c1nc2ccc(Br)cc2c(=O)n1N=Cc1ccc(OCc2ccccc2Cl)c(Cl)c1. The molecule has 0 fully saturated rings. The second-order valence-electron chi connectivity index (χ2n) is 7.87. The lowest BCUT2D eigenvalue weighted by molar-refractivity contribution is 0.306. The maximum absolute atomic E-state index is 13.2. The molecule has 0 bridgehead atoms. The average molecular weight is 559 g/mol. The van der Waals surface area contributed by atoms with Crippen molar-refractivity contribution in [2.75, 3.05) is 0 Å². The summed E-state index contributed by atoms with van der Waals surface area (Å²) in [4.78, 5) is 18.0. The van der Waals surface area contributed by atoms with Crippen molar-refractivity contribution >= 4 is 56.2 Å². The van der Waals surface area contributed by atoms with Crippen LogP contribution in [0.2, 0.25) is 10.0 Å². The van der Waals surface area contributed by atoms with Gasteiger partial charge in [-0.25, -0.2) is 4.98 Å². The molecule has 0 unspecified atom stereocenters. The molecule has 0 radical (unpaired) electrons. The molecule has 1 atom stereocenters. The lowest BCUT2D eigenvalue weighted by atomic mass is 10.1. The van der Waals surface area contributed by atoms with Gasteiger partial charge in [-0.3, -0.25) is 4.79 Å². The van der Waals surface area contributed by atoms with Crippen molar-refractivity contribution in [2.45, 2.75) is 32.8 Å². The van der Waals surface area contributed by atoms with Crippen LogP contribution in [0.25, 0.3) is 10.9 Å². The van der Waals surface area contributed by atoms with Crippen molar-refractivity contribution in [3.05, 3.63) is 102 Å². The Morgan fingerprint density at radius 3 is 2.65 bits per heavy atom. The first kappa shape index (κ1) is 24.5. The van der Waals surface area contributed by atoms with Crippen molar-refractivity contribution in [2.24, 2.45) is 5.10 Å². The van der Waals surface area contributed by atoms with Crippen LogP contribution in [0.15, 0.2) is 75.0 Å². The monoisotopic (exact) mass is 557 g/mol. The van der Waals surface area contributed by atoms with Gasteiger partial charge in [-0.2, -0.15) is 9.78 Å². The Morgan fingerprint density at radius 1 is 1.12 bits per heavy atom. The third-order valence-corrected chi connectivity index (χ3v) is 6.66. The van der Waals surface area contributed by atoms with E-state index in [2.05, 4.69) is 28.0 Å². The number of benzene rings is 3. The van der Waals surface area contributed by atoms with E-state index in [4.69, 9.17) is 32.9 Å². The number of nitrogens with zero attached hydrogens (tertiary/aromatic N) is 3. The molecule has 174 valence electrons. The van der Waals surface area contributed by atoms with E-state index in [1.165, 1.54) is 4.68 Å². The number of hydrogen-bond acceptors (Lipinski definition) is 4. The highest BCUT2D eigenvalue weighted by Gasteiger charge is 2.15. The highest BCUT2D eigenvalue weighted by atomic mass is 79.9. The smallest absolute Gasteiger partial charge is 0.282 e. The van der Waals surface area contributed by atoms with Crippen molar-refractivity contribution in [3.63, 3.8) is 0 Å². The fourth-order valence-electron chi connectivity index (χ4n) is 3.39. The van der Waals surface area contributed by atoms with Crippen LogP contribution in [-0.4, -0.2) is 15.9 Å². The molecule has 0 amide bonds. The van der Waals surface area contributed by atoms with E-state index in [0.717, 1.165) is 22.0 Å². The molecule has 0 N–H and O–H groups in total. The highest BCUT2D eigenvalue weighted by molar-refractivity contribution is 9.10. The predicted molar refractivity (Wildman–Crippen MR) is 143 cm³/mol. The highest BCUT2D eigenvalue weighted by Crippen LogP contribution is 2.27. The van der Waals surface area contributed by atoms with Crippen LogP contribution < -0.4 is 10.3 Å².